The van der Waals surface area contributed by atoms with Gasteiger partial charge in [0.2, 0.25) is 0 Å². The van der Waals surface area contributed by atoms with Crippen molar-refractivity contribution in [1.82, 2.24) is 19.9 Å². The van der Waals surface area contributed by atoms with Crippen molar-refractivity contribution in [3.8, 4) is 23.0 Å². The van der Waals surface area contributed by atoms with Gasteiger partial charge in [-0.1, -0.05) is 74.5 Å². The SMILES string of the molecule is CCCOc1c2cccc1Cc1cc(C(c3ccc[nH]3)c3ccc[nH]3)cc(c1O)Cc1cccc(c1OCCC)Cc1cc(C(c3ccc[nH]3)c3ccc[nH]3)cc(c1O)C2. The molecule has 8 nitrogen and oxygen atoms in total. The van der Waals surface area contributed by atoms with E-state index in [0.717, 1.165) is 103 Å². The molecular weight excluding hydrogens is 745 g/mol. The van der Waals surface area contributed by atoms with E-state index in [1.807, 2.05) is 49.1 Å². The summed E-state index contributed by atoms with van der Waals surface area (Å²) in [6.07, 6.45) is 11.3. The van der Waals surface area contributed by atoms with Gasteiger partial charge in [0.15, 0.2) is 0 Å². The van der Waals surface area contributed by atoms with E-state index in [1.165, 1.54) is 0 Å². The molecule has 4 aromatic carbocycles. The lowest BCUT2D eigenvalue weighted by Gasteiger charge is -2.23. The van der Waals surface area contributed by atoms with Gasteiger partial charge < -0.3 is 39.6 Å². The normalized spacial score (nSPS) is 12.6. The fraction of sp³-hybridized carbons (Fsp3) is 0.231. The van der Waals surface area contributed by atoms with Gasteiger partial charge in [-0.25, -0.2) is 0 Å². The molecule has 0 radical (unpaired) electrons. The van der Waals surface area contributed by atoms with Crippen LogP contribution in [0, 0.1) is 0 Å². The van der Waals surface area contributed by atoms with Gasteiger partial charge in [0.05, 0.1) is 25.0 Å². The summed E-state index contributed by atoms with van der Waals surface area (Å²) in [5, 5.41) is 24.7. The van der Waals surface area contributed by atoms with Crippen molar-refractivity contribution in [1.29, 1.82) is 0 Å². The highest BCUT2D eigenvalue weighted by molar-refractivity contribution is 5.59. The highest BCUT2D eigenvalue weighted by atomic mass is 16.5. The lowest BCUT2D eigenvalue weighted by molar-refractivity contribution is 0.311. The number of ether oxygens (including phenoxy) is 2. The maximum absolute atomic E-state index is 12.4. The Balaban J connectivity index is 1.27. The maximum Gasteiger partial charge on any atom is 0.126 e. The number of hydrogen-bond donors (Lipinski definition) is 6. The van der Waals surface area contributed by atoms with E-state index in [-0.39, 0.29) is 23.3 Å². The second-order valence-corrected chi connectivity index (χ2v) is 16.0. The van der Waals surface area contributed by atoms with Crippen LogP contribution < -0.4 is 9.47 Å². The lowest BCUT2D eigenvalue weighted by atomic mass is 9.85. The van der Waals surface area contributed by atoms with Gasteiger partial charge in [-0.15, -0.1) is 0 Å². The number of nitrogens with one attached hydrogen (secondary N) is 4. The molecule has 304 valence electrons. The van der Waals surface area contributed by atoms with E-state index >= 15 is 0 Å². The lowest BCUT2D eigenvalue weighted by Crippen LogP contribution is -2.10. The number of fused-ring (bicyclic) bond motifs is 8. The first kappa shape index (κ1) is 38.7. The molecule has 1 aliphatic carbocycles. The fourth-order valence-corrected chi connectivity index (χ4v) is 9.03. The Bertz CT molecular complexity index is 2310. The number of benzene rings is 4. The van der Waals surface area contributed by atoms with Gasteiger partial charge in [-0.2, -0.15) is 0 Å². The van der Waals surface area contributed by atoms with Gasteiger partial charge >= 0.3 is 0 Å². The van der Waals surface area contributed by atoms with Crippen molar-refractivity contribution in [2.75, 3.05) is 13.2 Å². The minimum absolute atomic E-state index is 0.119. The molecule has 4 aromatic heterocycles. The van der Waals surface area contributed by atoms with Gasteiger partial charge in [-0.3, -0.25) is 0 Å². The third-order valence-corrected chi connectivity index (χ3v) is 11.8. The predicted octanol–water partition coefficient (Wildman–Crippen LogP) is 11.0. The van der Waals surface area contributed by atoms with Crippen LogP contribution in [0.1, 0.15) is 117 Å². The van der Waals surface area contributed by atoms with E-state index in [4.69, 9.17) is 9.47 Å². The summed E-state index contributed by atoms with van der Waals surface area (Å²) in [5.41, 5.74) is 13.5. The van der Waals surface area contributed by atoms with Crippen LogP contribution in [0.3, 0.4) is 0 Å². The molecule has 8 bridgehead atoms. The van der Waals surface area contributed by atoms with Crippen LogP contribution in [0.5, 0.6) is 23.0 Å². The van der Waals surface area contributed by atoms with E-state index in [9.17, 15) is 10.2 Å². The van der Waals surface area contributed by atoms with E-state index in [2.05, 4.69) is 119 Å². The summed E-state index contributed by atoms with van der Waals surface area (Å²) in [6, 6.07) is 37.7. The summed E-state index contributed by atoms with van der Waals surface area (Å²) in [7, 11) is 0. The maximum atomic E-state index is 12.4. The average Bonchev–Trinajstić information content (AvgIpc) is 4.11. The van der Waals surface area contributed by atoms with Crippen molar-refractivity contribution >= 4 is 0 Å². The topological polar surface area (TPSA) is 122 Å². The predicted molar refractivity (Wildman–Crippen MR) is 237 cm³/mol. The largest absolute Gasteiger partial charge is 0.507 e. The Morgan fingerprint density at radius 2 is 0.733 bits per heavy atom. The zero-order chi connectivity index (χ0) is 41.0. The molecule has 0 fully saturated rings. The average molecular weight is 797 g/mol. The number of aromatic amines is 4. The van der Waals surface area contributed by atoms with Crippen LogP contribution >= 0.6 is 0 Å². The molecule has 9 rings (SSSR count). The fourth-order valence-electron chi connectivity index (χ4n) is 9.03. The highest BCUT2D eigenvalue weighted by Crippen LogP contribution is 2.43. The van der Waals surface area contributed by atoms with Gasteiger partial charge in [0.1, 0.15) is 23.0 Å². The standard InChI is InChI=1S/C52H52N4O4/c1-3-23-59-51-33-11-5-12-34(51)26-40-30-38(48(45-17-9-21-55-45)46-18-10-22-56-46)32-42(50(40)58)28-36-14-6-13-35(52(36)60-24-4-2)27-41-31-37(29-39(25-33)49(41)57)47(43-15-7-19-53-43)44-16-8-20-54-44/h5-22,29-32,47-48,53-58H,3-4,23-28H2,1-2H3. The molecule has 0 spiro atoms. The molecule has 0 atom stereocenters. The first-order valence-corrected chi connectivity index (χ1v) is 21.2. The molecule has 1 aliphatic rings. The number of phenolic OH excluding ortho intramolecular Hbond substituents is 2. The van der Waals surface area contributed by atoms with Crippen molar-refractivity contribution in [2.24, 2.45) is 0 Å². The molecule has 8 aromatic rings. The van der Waals surface area contributed by atoms with Crippen molar-refractivity contribution in [2.45, 2.75) is 64.2 Å². The van der Waals surface area contributed by atoms with Crippen LogP contribution in [0.2, 0.25) is 0 Å². The molecule has 0 saturated heterocycles. The summed E-state index contributed by atoms with van der Waals surface area (Å²) in [6.45, 7) is 5.30. The summed E-state index contributed by atoms with van der Waals surface area (Å²) in [5.74, 6) is 1.89. The quantitative estimate of drug-likeness (QED) is 0.0737. The first-order chi connectivity index (χ1) is 29.5. The van der Waals surface area contributed by atoms with Crippen molar-refractivity contribution < 1.29 is 19.7 Å². The molecule has 0 amide bonds. The van der Waals surface area contributed by atoms with Crippen LogP contribution in [0.4, 0.5) is 0 Å². The Labute approximate surface area is 351 Å². The van der Waals surface area contributed by atoms with E-state index < -0.39 is 0 Å². The molecule has 0 unspecified atom stereocenters. The number of H-pyrrole nitrogens is 4. The van der Waals surface area contributed by atoms with Gasteiger partial charge in [0, 0.05) is 73.2 Å². The van der Waals surface area contributed by atoms with Crippen molar-refractivity contribution in [3.05, 3.63) is 212 Å². The minimum Gasteiger partial charge on any atom is -0.507 e. The molecular formula is C52H52N4O4. The number of hydrogen-bond acceptors (Lipinski definition) is 4. The number of phenols is 2. The highest BCUT2D eigenvalue weighted by Gasteiger charge is 2.27. The first-order valence-electron chi connectivity index (χ1n) is 21.2. The van der Waals surface area contributed by atoms with Crippen LogP contribution in [0.15, 0.2) is 134 Å². The number of aromatic hydroxyl groups is 2. The smallest absolute Gasteiger partial charge is 0.126 e. The summed E-state index contributed by atoms with van der Waals surface area (Å²) < 4.78 is 13.3. The Kier molecular flexibility index (Phi) is 11.1. The van der Waals surface area contributed by atoms with Gasteiger partial charge in [-0.05, 0) is 117 Å². The minimum atomic E-state index is -0.119. The second-order valence-electron chi connectivity index (χ2n) is 16.0. The van der Waals surface area contributed by atoms with Crippen molar-refractivity contribution in [3.63, 3.8) is 0 Å². The van der Waals surface area contributed by atoms with Crippen LogP contribution in [-0.2, 0) is 25.7 Å². The number of para-hydroxylation sites is 2. The molecule has 6 N–H and O–H groups in total. The number of aromatic nitrogens is 4. The molecule has 0 aliphatic heterocycles. The zero-order valence-corrected chi connectivity index (χ0v) is 34.2. The second kappa shape index (κ2) is 17.2. The monoisotopic (exact) mass is 796 g/mol. The van der Waals surface area contributed by atoms with E-state index in [0.29, 0.717) is 38.9 Å². The summed E-state index contributed by atoms with van der Waals surface area (Å²) >= 11 is 0. The number of rotatable bonds is 12. The third-order valence-electron chi connectivity index (χ3n) is 11.8. The van der Waals surface area contributed by atoms with Crippen LogP contribution in [0.25, 0.3) is 0 Å². The van der Waals surface area contributed by atoms with E-state index in [1.54, 1.807) is 0 Å². The molecule has 60 heavy (non-hydrogen) atoms. The Morgan fingerprint density at radius 3 is 0.983 bits per heavy atom. The van der Waals surface area contributed by atoms with Crippen LogP contribution in [-0.4, -0.2) is 43.4 Å². The molecule has 0 saturated carbocycles. The Hall–Kier alpha value is -6.80. The third kappa shape index (κ3) is 7.73. The molecule has 4 heterocycles. The zero-order valence-electron chi connectivity index (χ0n) is 34.2. The Morgan fingerprint density at radius 1 is 0.433 bits per heavy atom. The van der Waals surface area contributed by atoms with Gasteiger partial charge in [0.25, 0.3) is 0 Å². The molecule has 8 heteroatoms. The summed E-state index contributed by atoms with van der Waals surface area (Å²) in [4.78, 5) is 13.9.